The highest BCUT2D eigenvalue weighted by Crippen LogP contribution is 2.41. The third-order valence-corrected chi connectivity index (χ3v) is 4.71. The molecule has 2 fully saturated rings. The van der Waals surface area contributed by atoms with E-state index in [0.29, 0.717) is 11.4 Å². The molecule has 28 heavy (non-hydrogen) atoms. The van der Waals surface area contributed by atoms with Gasteiger partial charge < -0.3 is 14.6 Å². The maximum Gasteiger partial charge on any atom is 0.213 e. The minimum Gasteiger partial charge on any atom is -0.481 e. The Kier molecular flexibility index (Phi) is 6.18. The molecular formula is C20H22F2N2O4. The fourth-order valence-corrected chi connectivity index (χ4v) is 2.72. The number of halogens is 2. The van der Waals surface area contributed by atoms with Crippen molar-refractivity contribution in [2.45, 2.75) is 31.8 Å². The van der Waals surface area contributed by atoms with Crippen LogP contribution in [0.4, 0.5) is 8.78 Å². The lowest BCUT2D eigenvalue weighted by Gasteiger charge is -2.11. The first-order valence-corrected chi connectivity index (χ1v) is 9.05. The van der Waals surface area contributed by atoms with Crippen molar-refractivity contribution in [3.63, 3.8) is 0 Å². The average Bonchev–Trinajstić information content (AvgIpc) is 3.60. The standard InChI is InChI=1S/C10H12FNO2.C10H10FNO2/c2*1-14-9-4-7(8(11)5-12-9)10(13)6-2-3-6/h4-6,10,13H,2-3H2,1H3;4-6H,2-3H2,1H3. The van der Waals surface area contributed by atoms with Crippen molar-refractivity contribution in [1.29, 1.82) is 0 Å². The van der Waals surface area contributed by atoms with E-state index in [0.717, 1.165) is 38.1 Å². The summed E-state index contributed by atoms with van der Waals surface area (Å²) in [6, 6.07) is 2.81. The highest BCUT2D eigenvalue weighted by Gasteiger charge is 2.33. The lowest BCUT2D eigenvalue weighted by Crippen LogP contribution is -2.05. The molecule has 1 atom stereocenters. The Balaban J connectivity index is 0.000000161. The highest BCUT2D eigenvalue weighted by atomic mass is 19.1. The van der Waals surface area contributed by atoms with Gasteiger partial charge in [0, 0.05) is 23.6 Å². The van der Waals surface area contributed by atoms with E-state index >= 15 is 0 Å². The van der Waals surface area contributed by atoms with Gasteiger partial charge in [-0.05, 0) is 31.6 Å². The van der Waals surface area contributed by atoms with Gasteiger partial charge in [-0.15, -0.1) is 0 Å². The summed E-state index contributed by atoms with van der Waals surface area (Å²) in [5.41, 5.74) is 0.388. The fraction of sp³-hybridized carbons (Fsp3) is 0.450. The summed E-state index contributed by atoms with van der Waals surface area (Å²) in [6.07, 6.45) is 5.04. The van der Waals surface area contributed by atoms with E-state index in [4.69, 9.17) is 9.47 Å². The number of methoxy groups -OCH3 is 2. The molecule has 2 aliphatic rings. The number of carbonyl (C=O) groups is 1. The number of nitrogens with zero attached hydrogens (tertiary/aromatic N) is 2. The molecule has 6 nitrogen and oxygen atoms in total. The van der Waals surface area contributed by atoms with Crippen LogP contribution in [0.1, 0.15) is 47.7 Å². The zero-order chi connectivity index (χ0) is 20.3. The summed E-state index contributed by atoms with van der Waals surface area (Å²) >= 11 is 0. The molecule has 0 spiro atoms. The molecular weight excluding hydrogens is 370 g/mol. The van der Waals surface area contributed by atoms with Gasteiger partial charge in [-0.25, -0.2) is 18.7 Å². The second-order valence-corrected chi connectivity index (χ2v) is 6.88. The molecule has 150 valence electrons. The zero-order valence-electron chi connectivity index (χ0n) is 15.7. The Morgan fingerprint density at radius 1 is 1.04 bits per heavy atom. The van der Waals surface area contributed by atoms with E-state index in [1.54, 1.807) is 0 Å². The van der Waals surface area contributed by atoms with E-state index < -0.39 is 17.7 Å². The number of aliphatic hydroxyl groups excluding tert-OH is 1. The van der Waals surface area contributed by atoms with Crippen molar-refractivity contribution in [2.75, 3.05) is 14.2 Å². The van der Waals surface area contributed by atoms with Crippen LogP contribution in [0, 0.1) is 23.5 Å². The Labute approximate surface area is 161 Å². The molecule has 2 aromatic heterocycles. The van der Waals surface area contributed by atoms with E-state index in [9.17, 15) is 18.7 Å². The van der Waals surface area contributed by atoms with Crippen LogP contribution in [-0.2, 0) is 0 Å². The predicted molar refractivity (Wildman–Crippen MR) is 96.2 cm³/mol. The molecule has 0 saturated heterocycles. The van der Waals surface area contributed by atoms with Crippen molar-refractivity contribution in [2.24, 2.45) is 11.8 Å². The van der Waals surface area contributed by atoms with E-state index in [1.165, 1.54) is 26.4 Å². The molecule has 2 aromatic rings. The summed E-state index contributed by atoms with van der Waals surface area (Å²) in [5.74, 6) is -0.346. The van der Waals surface area contributed by atoms with Crippen LogP contribution >= 0.6 is 0 Å². The zero-order valence-corrected chi connectivity index (χ0v) is 15.7. The van der Waals surface area contributed by atoms with Crippen LogP contribution in [0.25, 0.3) is 0 Å². The normalized spacial score (nSPS) is 16.6. The second kappa shape index (κ2) is 8.60. The first-order valence-electron chi connectivity index (χ1n) is 9.05. The Morgan fingerprint density at radius 3 is 2.14 bits per heavy atom. The number of pyridine rings is 2. The van der Waals surface area contributed by atoms with Crippen LogP contribution in [0.2, 0.25) is 0 Å². The van der Waals surface area contributed by atoms with Crippen LogP contribution in [0.5, 0.6) is 11.8 Å². The van der Waals surface area contributed by atoms with Crippen molar-refractivity contribution in [3.8, 4) is 11.8 Å². The fourth-order valence-electron chi connectivity index (χ4n) is 2.72. The molecule has 0 aromatic carbocycles. The lowest BCUT2D eigenvalue weighted by molar-refractivity contribution is 0.0963. The average molecular weight is 392 g/mol. The summed E-state index contributed by atoms with van der Waals surface area (Å²) in [6.45, 7) is 0. The van der Waals surface area contributed by atoms with E-state index in [-0.39, 0.29) is 29.1 Å². The first-order chi connectivity index (χ1) is 13.4. The summed E-state index contributed by atoms with van der Waals surface area (Å²) < 4.78 is 36.2. The van der Waals surface area contributed by atoms with Crippen molar-refractivity contribution < 1.29 is 28.2 Å². The number of ether oxygens (including phenoxy) is 2. The van der Waals surface area contributed by atoms with Gasteiger partial charge in [0.1, 0.15) is 5.82 Å². The minimum atomic E-state index is -0.716. The summed E-state index contributed by atoms with van der Waals surface area (Å²) in [5, 5.41) is 9.74. The van der Waals surface area contributed by atoms with Crippen LogP contribution < -0.4 is 9.47 Å². The van der Waals surface area contributed by atoms with Gasteiger partial charge in [0.25, 0.3) is 0 Å². The number of Topliss-reactive ketones (excluding diaryl/α,β-unsaturated/α-hetero) is 1. The van der Waals surface area contributed by atoms with Gasteiger partial charge in [-0.2, -0.15) is 0 Å². The molecule has 8 heteroatoms. The number of rotatable bonds is 6. The first kappa shape index (κ1) is 20.1. The molecule has 0 radical (unpaired) electrons. The van der Waals surface area contributed by atoms with Gasteiger partial charge in [-0.3, -0.25) is 4.79 Å². The number of carbonyl (C=O) groups excluding carboxylic acids is 1. The Morgan fingerprint density at radius 2 is 1.61 bits per heavy atom. The molecule has 2 saturated carbocycles. The van der Waals surface area contributed by atoms with Crippen molar-refractivity contribution >= 4 is 5.78 Å². The number of aromatic nitrogens is 2. The third-order valence-electron chi connectivity index (χ3n) is 4.71. The van der Waals surface area contributed by atoms with Gasteiger partial charge in [0.2, 0.25) is 11.8 Å². The van der Waals surface area contributed by atoms with Crippen molar-refractivity contribution in [1.82, 2.24) is 9.97 Å². The quantitative estimate of drug-likeness (QED) is 0.758. The molecule has 2 aliphatic carbocycles. The Bertz CT molecular complexity index is 854. The van der Waals surface area contributed by atoms with Gasteiger partial charge in [-0.1, -0.05) is 0 Å². The van der Waals surface area contributed by atoms with Gasteiger partial charge >= 0.3 is 0 Å². The van der Waals surface area contributed by atoms with Crippen molar-refractivity contribution in [3.05, 3.63) is 47.3 Å². The largest absolute Gasteiger partial charge is 0.481 e. The second-order valence-electron chi connectivity index (χ2n) is 6.88. The molecule has 1 unspecified atom stereocenters. The maximum absolute atomic E-state index is 13.3. The Hall–Kier alpha value is -2.61. The van der Waals surface area contributed by atoms with E-state index in [2.05, 4.69) is 9.97 Å². The number of hydrogen-bond acceptors (Lipinski definition) is 6. The SMILES string of the molecule is COc1cc(C(=O)C2CC2)c(F)cn1.COc1cc(C(O)C2CC2)c(F)cn1. The molecule has 4 rings (SSSR count). The molecule has 0 amide bonds. The third kappa shape index (κ3) is 4.81. The lowest BCUT2D eigenvalue weighted by atomic mass is 10.1. The molecule has 2 heterocycles. The van der Waals surface area contributed by atoms with Crippen LogP contribution in [-0.4, -0.2) is 35.1 Å². The van der Waals surface area contributed by atoms with E-state index in [1.807, 2.05) is 0 Å². The predicted octanol–water partition coefficient (Wildman–Crippen LogP) is 3.49. The molecule has 0 aliphatic heterocycles. The number of hydrogen-bond donors (Lipinski definition) is 1. The maximum atomic E-state index is 13.3. The van der Waals surface area contributed by atoms with Gasteiger partial charge in [0.05, 0.1) is 38.3 Å². The molecule has 0 bridgehead atoms. The number of aliphatic hydroxyl groups is 1. The minimum absolute atomic E-state index is 0.0107. The highest BCUT2D eigenvalue weighted by molar-refractivity contribution is 5.99. The van der Waals surface area contributed by atoms with Crippen LogP contribution in [0.3, 0.4) is 0 Å². The summed E-state index contributed by atoms with van der Waals surface area (Å²) in [4.78, 5) is 19.0. The summed E-state index contributed by atoms with van der Waals surface area (Å²) in [7, 11) is 2.90. The number of ketones is 1. The smallest absolute Gasteiger partial charge is 0.213 e. The van der Waals surface area contributed by atoms with Gasteiger partial charge in [0.15, 0.2) is 11.6 Å². The topological polar surface area (TPSA) is 81.5 Å². The monoisotopic (exact) mass is 392 g/mol. The molecule has 1 N–H and O–H groups in total. The van der Waals surface area contributed by atoms with Crippen LogP contribution in [0.15, 0.2) is 24.5 Å².